The van der Waals surface area contributed by atoms with Gasteiger partial charge in [0.1, 0.15) is 12.2 Å². The summed E-state index contributed by atoms with van der Waals surface area (Å²) in [4.78, 5) is 13.8. The molecule has 3 N–H and O–H groups in total. The van der Waals surface area contributed by atoms with E-state index < -0.39 is 18.4 Å². The fraction of sp³-hybridized carbons (Fsp3) is 0.545. The third-order valence-corrected chi connectivity index (χ3v) is 6.28. The molecule has 5 rings (SSSR count). The third-order valence-electron chi connectivity index (χ3n) is 6.28. The minimum absolute atomic E-state index is 0.0129. The van der Waals surface area contributed by atoms with Crippen LogP contribution in [0.5, 0.6) is 0 Å². The van der Waals surface area contributed by atoms with Gasteiger partial charge in [-0.3, -0.25) is 4.57 Å². The third kappa shape index (κ3) is 4.61. The highest BCUT2D eigenvalue weighted by atomic mass is 16.5. The van der Waals surface area contributed by atoms with Gasteiger partial charge >= 0.3 is 0 Å². The van der Waals surface area contributed by atoms with E-state index in [-0.39, 0.29) is 18.0 Å². The molecule has 0 spiro atoms. The summed E-state index contributed by atoms with van der Waals surface area (Å²) in [6.07, 6.45) is 2.15. The quantitative estimate of drug-likeness (QED) is 0.333. The highest BCUT2D eigenvalue weighted by Gasteiger charge is 2.37. The van der Waals surface area contributed by atoms with E-state index in [2.05, 4.69) is 56.5 Å². The molecule has 186 valence electrons. The molecule has 0 unspecified atom stereocenters. The summed E-state index contributed by atoms with van der Waals surface area (Å²) < 4.78 is 14.0. The normalized spacial score (nSPS) is 20.7. The van der Waals surface area contributed by atoms with Crippen LogP contribution < -0.4 is 5.32 Å². The Bertz CT molecular complexity index is 1330. The van der Waals surface area contributed by atoms with Crippen molar-refractivity contribution in [2.45, 2.75) is 65.5 Å². The molecule has 13 heteroatoms. The molecule has 1 aliphatic rings. The van der Waals surface area contributed by atoms with Crippen LogP contribution in [0.4, 0.5) is 5.82 Å². The molecule has 4 aromatic heterocycles. The fourth-order valence-corrected chi connectivity index (χ4v) is 3.91. The number of ether oxygens (including phenoxy) is 1. The van der Waals surface area contributed by atoms with E-state index in [9.17, 15) is 10.2 Å². The van der Waals surface area contributed by atoms with E-state index in [0.717, 1.165) is 24.2 Å². The van der Waals surface area contributed by atoms with Gasteiger partial charge in [0, 0.05) is 6.07 Å². The summed E-state index contributed by atoms with van der Waals surface area (Å²) in [7, 11) is 0. The second-order valence-corrected chi connectivity index (χ2v) is 9.62. The molecule has 0 aliphatic carbocycles. The lowest BCUT2D eigenvalue weighted by Gasteiger charge is -2.20. The monoisotopic (exact) mass is 483 g/mol. The Labute approximate surface area is 201 Å². The largest absolute Gasteiger partial charge is 0.388 e. The van der Waals surface area contributed by atoms with Gasteiger partial charge in [0.15, 0.2) is 29.0 Å². The van der Waals surface area contributed by atoms with Crippen LogP contribution in [0.15, 0.2) is 23.1 Å². The average Bonchev–Trinajstić information content (AvgIpc) is 3.61. The molecular formula is C22H29N9O4. The minimum Gasteiger partial charge on any atom is -0.388 e. The van der Waals surface area contributed by atoms with Gasteiger partial charge in [-0.25, -0.2) is 4.98 Å². The van der Waals surface area contributed by atoms with Gasteiger partial charge in [0.2, 0.25) is 0 Å². The average molecular weight is 484 g/mol. The number of nitrogens with zero attached hydrogens (tertiary/aromatic N) is 8. The Hall–Kier alpha value is -3.42. The molecule has 13 nitrogen and oxygen atoms in total. The zero-order valence-corrected chi connectivity index (χ0v) is 20.1. The number of aliphatic hydroxyl groups excluding tert-OH is 2. The first-order valence-corrected chi connectivity index (χ1v) is 11.5. The number of hydrogen-bond donors (Lipinski definition) is 3. The van der Waals surface area contributed by atoms with Crippen molar-refractivity contribution >= 4 is 17.0 Å². The molecule has 0 saturated carbocycles. The van der Waals surface area contributed by atoms with Crippen molar-refractivity contribution < 1.29 is 19.5 Å². The first-order chi connectivity index (χ1) is 16.7. The van der Waals surface area contributed by atoms with E-state index in [4.69, 9.17) is 9.26 Å². The van der Waals surface area contributed by atoms with E-state index in [1.54, 1.807) is 4.57 Å². The van der Waals surface area contributed by atoms with Crippen LogP contribution in [0, 0.1) is 12.3 Å². The van der Waals surface area contributed by atoms with Crippen LogP contribution in [-0.2, 0) is 17.7 Å². The summed E-state index contributed by atoms with van der Waals surface area (Å²) in [5.74, 6) is 1.35. The Morgan fingerprint density at radius 2 is 2.09 bits per heavy atom. The summed E-state index contributed by atoms with van der Waals surface area (Å²) in [5, 5.41) is 36.1. The molecule has 5 heterocycles. The highest BCUT2D eigenvalue weighted by molar-refractivity contribution is 5.83. The molecule has 35 heavy (non-hydrogen) atoms. The van der Waals surface area contributed by atoms with Gasteiger partial charge in [0.05, 0.1) is 37.1 Å². The van der Waals surface area contributed by atoms with Crippen LogP contribution in [0.3, 0.4) is 0 Å². The molecule has 3 atom stereocenters. The second-order valence-electron chi connectivity index (χ2n) is 9.62. The Morgan fingerprint density at radius 3 is 2.77 bits per heavy atom. The summed E-state index contributed by atoms with van der Waals surface area (Å²) >= 11 is 0. The first-order valence-electron chi connectivity index (χ1n) is 11.5. The van der Waals surface area contributed by atoms with Gasteiger partial charge < -0.3 is 24.8 Å². The van der Waals surface area contributed by atoms with Crippen molar-refractivity contribution in [2.75, 3.05) is 11.9 Å². The SMILES string of the molecule is CCC(C)(C)Cc1cn(-c2nc(NCc3cc(C)no3)c3ncn([C@@H]4OC[C@@H](O)[C@H]4O)c3n2)nn1. The lowest BCUT2D eigenvalue weighted by Crippen LogP contribution is -2.28. The fourth-order valence-electron chi connectivity index (χ4n) is 3.91. The van der Waals surface area contributed by atoms with Crippen LogP contribution in [-0.4, -0.2) is 68.7 Å². The van der Waals surface area contributed by atoms with Gasteiger partial charge in [-0.2, -0.15) is 14.6 Å². The van der Waals surface area contributed by atoms with Crippen LogP contribution in [0.1, 0.15) is 50.6 Å². The molecule has 4 aromatic rings. The standard InChI is InChI=1S/C22H29N9O4/c1-5-22(3,4)7-13-9-31(29-27-13)21-25-18(23-8-14-6-12(2)28-35-14)16-19(26-21)30(11-24-16)20-17(33)15(32)10-34-20/h6,9,11,15,17,20,32-33H,5,7-8,10H2,1-4H3,(H,23,25,26)/t15-,17-,20-/m1/s1. The lowest BCUT2D eigenvalue weighted by atomic mass is 9.85. The number of nitrogens with one attached hydrogen (secondary N) is 1. The maximum absolute atomic E-state index is 10.4. The van der Waals surface area contributed by atoms with Gasteiger partial charge in [-0.1, -0.05) is 37.6 Å². The number of hydrogen-bond acceptors (Lipinski definition) is 11. The Balaban J connectivity index is 1.54. The van der Waals surface area contributed by atoms with Gasteiger partial charge in [-0.15, -0.1) is 5.10 Å². The number of rotatable bonds is 8. The topological polar surface area (TPSA) is 162 Å². The van der Waals surface area contributed by atoms with E-state index >= 15 is 0 Å². The number of fused-ring (bicyclic) bond motifs is 1. The number of aryl methyl sites for hydroxylation is 1. The number of imidazole rings is 1. The van der Waals surface area contributed by atoms with Crippen molar-refractivity contribution in [2.24, 2.45) is 5.41 Å². The zero-order valence-electron chi connectivity index (χ0n) is 20.1. The van der Waals surface area contributed by atoms with Crippen molar-refractivity contribution in [3.05, 3.63) is 35.7 Å². The predicted octanol–water partition coefficient (Wildman–Crippen LogP) is 1.54. The number of aliphatic hydroxyl groups is 2. The smallest absolute Gasteiger partial charge is 0.256 e. The van der Waals surface area contributed by atoms with Crippen molar-refractivity contribution in [1.29, 1.82) is 0 Å². The van der Waals surface area contributed by atoms with Gasteiger partial charge in [-0.05, 0) is 18.8 Å². The van der Waals surface area contributed by atoms with Crippen LogP contribution in [0.25, 0.3) is 17.1 Å². The molecule has 0 amide bonds. The molecule has 1 saturated heterocycles. The van der Waals surface area contributed by atoms with Gasteiger partial charge in [0.25, 0.3) is 5.95 Å². The molecule has 1 fully saturated rings. The maximum atomic E-state index is 10.4. The molecule has 0 bridgehead atoms. The maximum Gasteiger partial charge on any atom is 0.256 e. The summed E-state index contributed by atoms with van der Waals surface area (Å²) in [6, 6.07) is 1.83. The Morgan fingerprint density at radius 1 is 1.26 bits per heavy atom. The molecule has 0 radical (unpaired) electrons. The van der Waals surface area contributed by atoms with Crippen molar-refractivity contribution in [3.63, 3.8) is 0 Å². The van der Waals surface area contributed by atoms with Crippen molar-refractivity contribution in [1.82, 2.24) is 39.7 Å². The highest BCUT2D eigenvalue weighted by Crippen LogP contribution is 2.30. The minimum atomic E-state index is -1.12. The van der Waals surface area contributed by atoms with E-state index in [1.165, 1.54) is 11.0 Å². The molecular weight excluding hydrogens is 454 g/mol. The summed E-state index contributed by atoms with van der Waals surface area (Å²) in [5.41, 5.74) is 2.57. The Kier molecular flexibility index (Phi) is 5.99. The number of anilines is 1. The molecule has 0 aromatic carbocycles. The zero-order chi connectivity index (χ0) is 24.7. The first kappa shape index (κ1) is 23.3. The molecule has 1 aliphatic heterocycles. The van der Waals surface area contributed by atoms with E-state index in [1.807, 2.05) is 19.2 Å². The van der Waals surface area contributed by atoms with E-state index in [0.29, 0.717) is 29.3 Å². The van der Waals surface area contributed by atoms with Crippen LogP contribution in [0.2, 0.25) is 0 Å². The lowest BCUT2D eigenvalue weighted by molar-refractivity contribution is -0.0162. The summed E-state index contributed by atoms with van der Waals surface area (Å²) in [6.45, 7) is 8.70. The van der Waals surface area contributed by atoms with Crippen LogP contribution >= 0.6 is 0 Å². The van der Waals surface area contributed by atoms with Crippen molar-refractivity contribution in [3.8, 4) is 5.95 Å². The number of aromatic nitrogens is 8. The predicted molar refractivity (Wildman–Crippen MR) is 124 cm³/mol. The second kappa shape index (κ2) is 8.98.